The van der Waals surface area contributed by atoms with Gasteiger partial charge in [-0.1, -0.05) is 11.8 Å². The molecule has 104 valence electrons. The highest BCUT2D eigenvalue weighted by Crippen LogP contribution is 2.39. The molecule has 1 saturated carbocycles. The Hall–Kier alpha value is -1.73. The summed E-state index contributed by atoms with van der Waals surface area (Å²) < 4.78 is 26.5. The van der Waals surface area contributed by atoms with Crippen LogP contribution in [0.3, 0.4) is 0 Å². The average Bonchev–Trinajstić information content (AvgIpc) is 3.26. The summed E-state index contributed by atoms with van der Waals surface area (Å²) in [6.45, 7) is 0. The largest absolute Gasteiger partial charge is 0.308 e. The van der Waals surface area contributed by atoms with Crippen molar-refractivity contribution in [3.05, 3.63) is 41.7 Å². The van der Waals surface area contributed by atoms with Crippen LogP contribution in [0.25, 0.3) is 0 Å². The highest BCUT2D eigenvalue weighted by molar-refractivity contribution is 7.99. The Bertz CT molecular complexity index is 646. The number of nitrogens with two attached hydrogens (primary N) is 1. The van der Waals surface area contributed by atoms with E-state index in [2.05, 4.69) is 15.4 Å². The predicted molar refractivity (Wildman–Crippen MR) is 72.3 cm³/mol. The first kappa shape index (κ1) is 13.3. The number of nitrogens with one attached hydrogen (secondary N) is 1. The molecule has 0 amide bonds. The molecule has 0 saturated heterocycles. The molecule has 0 unspecified atom stereocenters. The fraction of sp³-hybridized carbons (Fsp3) is 0.231. The van der Waals surface area contributed by atoms with E-state index < -0.39 is 11.6 Å². The van der Waals surface area contributed by atoms with Gasteiger partial charge in [-0.25, -0.2) is 24.6 Å². The van der Waals surface area contributed by atoms with Crippen LogP contribution in [0.4, 0.5) is 14.6 Å². The lowest BCUT2D eigenvalue weighted by Gasteiger charge is -2.07. The van der Waals surface area contributed by atoms with Crippen LogP contribution in [0.2, 0.25) is 0 Å². The van der Waals surface area contributed by atoms with Gasteiger partial charge in [0.25, 0.3) is 0 Å². The normalized spacial score (nSPS) is 14.3. The fourth-order valence-corrected chi connectivity index (χ4v) is 2.59. The van der Waals surface area contributed by atoms with E-state index in [1.807, 2.05) is 0 Å². The molecule has 0 atom stereocenters. The van der Waals surface area contributed by atoms with Gasteiger partial charge in [0.05, 0.1) is 0 Å². The lowest BCUT2D eigenvalue weighted by atomic mass is 10.3. The standard InChI is InChI=1S/C13H12F2N4S/c14-8-3-4-10(9(15)5-8)20-12-6-11(19-16)17-13(18-12)7-1-2-7/h3-7H,1-2,16H2,(H,17,18,19). The number of aromatic nitrogens is 2. The molecule has 0 radical (unpaired) electrons. The molecule has 1 aromatic heterocycles. The summed E-state index contributed by atoms with van der Waals surface area (Å²) in [7, 11) is 0. The molecule has 1 aromatic carbocycles. The van der Waals surface area contributed by atoms with Crippen molar-refractivity contribution in [3.8, 4) is 0 Å². The number of hydrogen-bond acceptors (Lipinski definition) is 5. The molecule has 0 spiro atoms. The molecular formula is C13H12F2N4S. The first-order valence-electron chi connectivity index (χ1n) is 6.14. The number of rotatable bonds is 4. The van der Waals surface area contributed by atoms with Crippen molar-refractivity contribution in [3.63, 3.8) is 0 Å². The van der Waals surface area contributed by atoms with Gasteiger partial charge in [0.1, 0.15) is 28.3 Å². The molecule has 1 fully saturated rings. The highest BCUT2D eigenvalue weighted by atomic mass is 32.2. The van der Waals surface area contributed by atoms with Crippen molar-refractivity contribution in [1.29, 1.82) is 0 Å². The van der Waals surface area contributed by atoms with Crippen LogP contribution >= 0.6 is 11.8 Å². The summed E-state index contributed by atoms with van der Waals surface area (Å²) in [6, 6.07) is 5.10. The molecule has 4 nitrogen and oxygen atoms in total. The van der Waals surface area contributed by atoms with Crippen LogP contribution in [0, 0.1) is 11.6 Å². The molecule has 1 aliphatic carbocycles. The van der Waals surface area contributed by atoms with E-state index in [1.54, 1.807) is 6.07 Å². The SMILES string of the molecule is NNc1cc(Sc2ccc(F)cc2F)nc(C2CC2)n1. The number of nitrogens with zero attached hydrogens (tertiary/aromatic N) is 2. The van der Waals surface area contributed by atoms with Gasteiger partial charge >= 0.3 is 0 Å². The fourth-order valence-electron chi connectivity index (χ4n) is 1.76. The van der Waals surface area contributed by atoms with Gasteiger partial charge in [-0.05, 0) is 25.0 Å². The third kappa shape index (κ3) is 2.88. The Morgan fingerprint density at radius 1 is 1.20 bits per heavy atom. The van der Waals surface area contributed by atoms with Crippen LogP contribution < -0.4 is 11.3 Å². The van der Waals surface area contributed by atoms with Crippen LogP contribution in [0.1, 0.15) is 24.6 Å². The number of nitrogen functional groups attached to an aromatic ring is 1. The lowest BCUT2D eigenvalue weighted by molar-refractivity contribution is 0.565. The first-order valence-corrected chi connectivity index (χ1v) is 6.96. The maximum Gasteiger partial charge on any atom is 0.144 e. The predicted octanol–water partition coefficient (Wildman–Crippen LogP) is 3.07. The quantitative estimate of drug-likeness (QED) is 0.515. The topological polar surface area (TPSA) is 63.8 Å². The molecular weight excluding hydrogens is 282 g/mol. The van der Waals surface area contributed by atoms with Gasteiger partial charge in [0.15, 0.2) is 0 Å². The van der Waals surface area contributed by atoms with Gasteiger partial charge < -0.3 is 5.43 Å². The van der Waals surface area contributed by atoms with Crippen molar-refractivity contribution >= 4 is 17.6 Å². The van der Waals surface area contributed by atoms with E-state index in [1.165, 1.54) is 12.1 Å². The third-order valence-electron chi connectivity index (χ3n) is 2.92. The molecule has 1 aliphatic rings. The molecule has 2 aromatic rings. The third-order valence-corrected chi connectivity index (χ3v) is 3.89. The van der Waals surface area contributed by atoms with Gasteiger partial charge in [0, 0.05) is 22.9 Å². The summed E-state index contributed by atoms with van der Waals surface area (Å²) >= 11 is 1.12. The first-order chi connectivity index (χ1) is 9.65. The van der Waals surface area contributed by atoms with Crippen LogP contribution in [-0.4, -0.2) is 9.97 Å². The Kier molecular flexibility index (Phi) is 3.54. The van der Waals surface area contributed by atoms with E-state index in [4.69, 9.17) is 5.84 Å². The zero-order valence-corrected chi connectivity index (χ0v) is 11.3. The Balaban J connectivity index is 1.91. The zero-order chi connectivity index (χ0) is 14.1. The Morgan fingerprint density at radius 2 is 2.00 bits per heavy atom. The summed E-state index contributed by atoms with van der Waals surface area (Å²) in [6.07, 6.45) is 2.12. The number of anilines is 1. The zero-order valence-electron chi connectivity index (χ0n) is 10.4. The maximum atomic E-state index is 13.6. The van der Waals surface area contributed by atoms with E-state index >= 15 is 0 Å². The minimum atomic E-state index is -0.608. The van der Waals surface area contributed by atoms with E-state index in [0.29, 0.717) is 27.5 Å². The summed E-state index contributed by atoms with van der Waals surface area (Å²) in [5.41, 5.74) is 2.48. The smallest absolute Gasteiger partial charge is 0.144 e. The highest BCUT2D eigenvalue weighted by Gasteiger charge is 2.27. The van der Waals surface area contributed by atoms with Gasteiger partial charge in [-0.2, -0.15) is 0 Å². The van der Waals surface area contributed by atoms with Crippen LogP contribution in [0.15, 0.2) is 34.2 Å². The van der Waals surface area contributed by atoms with Gasteiger partial charge in [-0.15, -0.1) is 0 Å². The lowest BCUT2D eigenvalue weighted by Crippen LogP contribution is -2.10. The molecule has 20 heavy (non-hydrogen) atoms. The number of benzene rings is 1. The van der Waals surface area contributed by atoms with E-state index in [9.17, 15) is 8.78 Å². The second-order valence-corrected chi connectivity index (χ2v) is 5.61. The number of halogens is 2. The molecule has 3 N–H and O–H groups in total. The van der Waals surface area contributed by atoms with E-state index in [0.717, 1.165) is 30.7 Å². The van der Waals surface area contributed by atoms with Crippen molar-refractivity contribution < 1.29 is 8.78 Å². The van der Waals surface area contributed by atoms with Crippen molar-refractivity contribution in [2.75, 3.05) is 5.43 Å². The van der Waals surface area contributed by atoms with Crippen molar-refractivity contribution in [2.24, 2.45) is 5.84 Å². The molecule has 7 heteroatoms. The number of hydrogen-bond donors (Lipinski definition) is 2. The number of hydrazine groups is 1. The maximum absolute atomic E-state index is 13.6. The monoisotopic (exact) mass is 294 g/mol. The molecule has 3 rings (SSSR count). The second kappa shape index (κ2) is 5.34. The molecule has 0 bridgehead atoms. The van der Waals surface area contributed by atoms with Crippen LogP contribution in [0.5, 0.6) is 0 Å². The minimum Gasteiger partial charge on any atom is -0.308 e. The Labute approximate surface area is 118 Å². The minimum absolute atomic E-state index is 0.315. The van der Waals surface area contributed by atoms with Gasteiger partial charge in [0.2, 0.25) is 0 Å². The summed E-state index contributed by atoms with van der Waals surface area (Å²) in [4.78, 5) is 8.99. The summed E-state index contributed by atoms with van der Waals surface area (Å²) in [5.74, 6) is 5.74. The van der Waals surface area contributed by atoms with Gasteiger partial charge in [-0.3, -0.25) is 0 Å². The van der Waals surface area contributed by atoms with E-state index in [-0.39, 0.29) is 0 Å². The van der Waals surface area contributed by atoms with Crippen LogP contribution in [-0.2, 0) is 0 Å². The van der Waals surface area contributed by atoms with Crippen molar-refractivity contribution in [2.45, 2.75) is 28.7 Å². The second-order valence-electron chi connectivity index (χ2n) is 4.55. The average molecular weight is 294 g/mol. The molecule has 1 heterocycles. The summed E-state index contributed by atoms with van der Waals surface area (Å²) in [5, 5.41) is 0.584. The Morgan fingerprint density at radius 3 is 2.65 bits per heavy atom. The van der Waals surface area contributed by atoms with Crippen molar-refractivity contribution in [1.82, 2.24) is 9.97 Å². The molecule has 0 aliphatic heterocycles.